The van der Waals surface area contributed by atoms with Crippen molar-refractivity contribution in [3.8, 4) is 11.1 Å². The van der Waals surface area contributed by atoms with Crippen LogP contribution in [0.2, 0.25) is 0 Å². The summed E-state index contributed by atoms with van der Waals surface area (Å²) in [6, 6.07) is 23.5. The first-order valence-electron chi connectivity index (χ1n) is 10.9. The second-order valence-corrected chi connectivity index (χ2v) is 10.4. The van der Waals surface area contributed by atoms with Crippen LogP contribution in [0.5, 0.6) is 0 Å². The molecule has 0 aliphatic rings. The van der Waals surface area contributed by atoms with Crippen LogP contribution >= 0.6 is 11.3 Å². The smallest absolute Gasteiger partial charge is 0.355 e. The maximum atomic E-state index is 11.6. The highest BCUT2D eigenvalue weighted by atomic mass is 32.2. The molecule has 0 saturated carbocycles. The highest BCUT2D eigenvalue weighted by Gasteiger charge is 2.16. The van der Waals surface area contributed by atoms with Gasteiger partial charge in [0.05, 0.1) is 4.90 Å². The first-order valence-corrected chi connectivity index (χ1v) is 13.3. The second kappa shape index (κ2) is 10.7. The van der Waals surface area contributed by atoms with Crippen LogP contribution in [0, 0.1) is 0 Å². The summed E-state index contributed by atoms with van der Waals surface area (Å²) in [6.07, 6.45) is 0.221. The van der Waals surface area contributed by atoms with E-state index in [1.807, 2.05) is 54.6 Å². The van der Waals surface area contributed by atoms with E-state index in [2.05, 4.69) is 9.98 Å². The zero-order valence-electron chi connectivity index (χ0n) is 19.4. The van der Waals surface area contributed by atoms with E-state index in [1.54, 1.807) is 12.1 Å². The van der Waals surface area contributed by atoms with Gasteiger partial charge in [0.15, 0.2) is 5.69 Å². The second-order valence-electron chi connectivity index (χ2n) is 8.02. The number of primary sulfonamides is 1. The van der Waals surface area contributed by atoms with Crippen molar-refractivity contribution in [2.75, 3.05) is 0 Å². The molecule has 3 aromatic carbocycles. The lowest BCUT2D eigenvalue weighted by molar-refractivity contribution is 0.0691. The van der Waals surface area contributed by atoms with E-state index in [9.17, 15) is 13.2 Å². The molecule has 0 bridgehead atoms. The Morgan fingerprint density at radius 2 is 1.62 bits per heavy atom. The number of carbonyl (C=O) groups is 1. The fraction of sp³-hybridized carbons (Fsp3) is 0.0385. The van der Waals surface area contributed by atoms with Gasteiger partial charge in [-0.3, -0.25) is 0 Å². The van der Waals surface area contributed by atoms with Gasteiger partial charge in [-0.1, -0.05) is 60.7 Å². The third kappa shape index (κ3) is 6.28. The van der Waals surface area contributed by atoms with Crippen molar-refractivity contribution in [2.24, 2.45) is 21.6 Å². The van der Waals surface area contributed by atoms with E-state index < -0.39 is 16.0 Å². The fourth-order valence-corrected chi connectivity index (χ4v) is 4.77. The third-order valence-electron chi connectivity index (χ3n) is 5.48. The van der Waals surface area contributed by atoms with Crippen molar-refractivity contribution < 1.29 is 18.3 Å². The van der Waals surface area contributed by atoms with Crippen LogP contribution in [0.25, 0.3) is 16.8 Å². The van der Waals surface area contributed by atoms with Gasteiger partial charge in [-0.15, -0.1) is 11.3 Å². The minimum Gasteiger partial charge on any atom is -0.476 e. The Morgan fingerprint density at radius 1 is 0.946 bits per heavy atom. The third-order valence-corrected chi connectivity index (χ3v) is 7.14. The molecular formula is C26H23N5O4S2. The number of hydrogen-bond acceptors (Lipinski definition) is 7. The van der Waals surface area contributed by atoms with E-state index in [1.165, 1.54) is 17.5 Å². The quantitative estimate of drug-likeness (QED) is 0.197. The number of carboxylic acid groups (broad SMARTS) is 1. The van der Waals surface area contributed by atoms with Gasteiger partial charge in [-0.2, -0.15) is 0 Å². The summed E-state index contributed by atoms with van der Waals surface area (Å²) >= 11 is 1.04. The molecule has 11 heteroatoms. The Morgan fingerprint density at radius 3 is 2.24 bits per heavy atom. The van der Waals surface area contributed by atoms with Crippen LogP contribution in [-0.2, 0) is 16.4 Å². The van der Waals surface area contributed by atoms with Crippen molar-refractivity contribution in [3.05, 3.63) is 107 Å². The molecular weight excluding hydrogens is 510 g/mol. The molecule has 0 aliphatic carbocycles. The van der Waals surface area contributed by atoms with Crippen LogP contribution in [0.4, 0.5) is 5.13 Å². The van der Waals surface area contributed by atoms with Gasteiger partial charge in [0.1, 0.15) is 5.84 Å². The summed E-state index contributed by atoms with van der Waals surface area (Å²) < 4.78 is 23.3. The van der Waals surface area contributed by atoms with E-state index >= 15 is 0 Å². The predicted molar refractivity (Wildman–Crippen MR) is 145 cm³/mol. The molecule has 0 fully saturated rings. The van der Waals surface area contributed by atoms with Crippen molar-refractivity contribution in [1.82, 2.24) is 4.98 Å². The first kappa shape index (κ1) is 25.8. The molecule has 1 heterocycles. The van der Waals surface area contributed by atoms with Crippen molar-refractivity contribution in [2.45, 2.75) is 11.3 Å². The van der Waals surface area contributed by atoms with Gasteiger partial charge in [-0.05, 0) is 40.5 Å². The number of nitrogens with two attached hydrogens (primary N) is 3. The van der Waals surface area contributed by atoms with Crippen LogP contribution in [0.3, 0.4) is 0 Å². The molecule has 7 N–H and O–H groups in total. The number of sulfonamides is 1. The lowest BCUT2D eigenvalue weighted by Crippen LogP contribution is -2.20. The van der Waals surface area contributed by atoms with Crippen molar-refractivity contribution in [1.29, 1.82) is 0 Å². The summed E-state index contributed by atoms with van der Waals surface area (Å²) in [6.45, 7) is 0. The van der Waals surface area contributed by atoms with Crippen LogP contribution in [-0.4, -0.2) is 30.3 Å². The lowest BCUT2D eigenvalue weighted by Gasteiger charge is -2.14. The SMILES string of the molecule is NC(=Nc1nc(C(=O)O)cs1)C(Cc1ccc(S(N)(=O)=O)cc1)=C(N)c1cccc(-c2ccccc2)c1. The number of thiazole rings is 1. The molecule has 0 saturated heterocycles. The highest BCUT2D eigenvalue weighted by molar-refractivity contribution is 7.89. The largest absolute Gasteiger partial charge is 0.476 e. The number of carboxylic acids is 1. The summed E-state index contributed by atoms with van der Waals surface area (Å²) in [5.74, 6) is -1.11. The predicted octanol–water partition coefficient (Wildman–Crippen LogP) is 3.76. The maximum absolute atomic E-state index is 11.6. The normalized spacial score (nSPS) is 12.7. The topological polar surface area (TPSA) is 175 Å². The van der Waals surface area contributed by atoms with Crippen molar-refractivity contribution >= 4 is 44.0 Å². The Bertz CT molecular complexity index is 1610. The molecule has 0 unspecified atom stereocenters. The van der Waals surface area contributed by atoms with Gasteiger partial charge >= 0.3 is 5.97 Å². The molecule has 9 nitrogen and oxygen atoms in total. The average molecular weight is 534 g/mol. The maximum Gasteiger partial charge on any atom is 0.355 e. The molecule has 4 aromatic rings. The summed E-state index contributed by atoms with van der Waals surface area (Å²) in [5, 5.41) is 15.9. The van der Waals surface area contributed by atoms with E-state index in [0.717, 1.165) is 22.5 Å². The lowest BCUT2D eigenvalue weighted by atomic mass is 9.96. The van der Waals surface area contributed by atoms with E-state index in [4.69, 9.17) is 21.7 Å². The molecule has 1 aromatic heterocycles. The highest BCUT2D eigenvalue weighted by Crippen LogP contribution is 2.26. The summed E-state index contributed by atoms with van der Waals surface area (Å²) in [4.78, 5) is 19.5. The number of benzene rings is 3. The minimum absolute atomic E-state index is 0.0176. The number of hydrogen-bond donors (Lipinski definition) is 4. The number of aliphatic imine (C=N–C) groups is 1. The standard InChI is InChI=1S/C26H23N5O4S2/c27-23(19-8-4-7-18(14-19)17-5-2-1-3-6-17)21(13-16-9-11-20(12-10-16)37(29,34)35)24(28)31-26-30-22(15-36-26)25(32)33/h1-12,14-15H,13,27H2,(H,32,33)(H2,28,30,31)(H2,29,34,35). The molecule has 4 rings (SSSR count). The van der Waals surface area contributed by atoms with Gasteiger partial charge < -0.3 is 16.6 Å². The number of rotatable bonds is 8. The minimum atomic E-state index is -3.84. The number of aromatic carboxylic acids is 1. The Kier molecular flexibility index (Phi) is 7.48. The molecule has 188 valence electrons. The first-order chi connectivity index (χ1) is 17.6. The number of aromatic nitrogens is 1. The van der Waals surface area contributed by atoms with Crippen LogP contribution in [0.1, 0.15) is 21.6 Å². The van der Waals surface area contributed by atoms with E-state index in [0.29, 0.717) is 22.4 Å². The summed E-state index contributed by atoms with van der Waals surface area (Å²) in [5.41, 5.74) is 17.1. The van der Waals surface area contributed by atoms with Gasteiger partial charge in [0, 0.05) is 23.1 Å². The number of nitrogens with zero attached hydrogens (tertiary/aromatic N) is 2. The van der Waals surface area contributed by atoms with Crippen LogP contribution < -0.4 is 16.6 Å². The van der Waals surface area contributed by atoms with Gasteiger partial charge in [0.25, 0.3) is 0 Å². The molecule has 0 amide bonds. The van der Waals surface area contributed by atoms with Gasteiger partial charge in [-0.25, -0.2) is 28.3 Å². The van der Waals surface area contributed by atoms with E-state index in [-0.39, 0.29) is 28.0 Å². The Balaban J connectivity index is 1.78. The molecule has 0 aliphatic heterocycles. The fourth-order valence-electron chi connectivity index (χ4n) is 3.58. The molecule has 37 heavy (non-hydrogen) atoms. The van der Waals surface area contributed by atoms with Crippen molar-refractivity contribution in [3.63, 3.8) is 0 Å². The number of amidine groups is 1. The molecule has 0 spiro atoms. The zero-order chi connectivity index (χ0) is 26.6. The Labute approximate surface area is 217 Å². The Hall–Kier alpha value is -4.32. The van der Waals surface area contributed by atoms with Gasteiger partial charge in [0.2, 0.25) is 15.2 Å². The monoisotopic (exact) mass is 533 g/mol. The molecule has 0 radical (unpaired) electrons. The average Bonchev–Trinajstić information content (AvgIpc) is 3.36. The summed E-state index contributed by atoms with van der Waals surface area (Å²) in [7, 11) is -3.84. The molecule has 0 atom stereocenters. The van der Waals surface area contributed by atoms with Crippen LogP contribution in [0.15, 0.2) is 99.7 Å². The zero-order valence-corrected chi connectivity index (χ0v) is 21.0.